The number of hydrogen-bond acceptors (Lipinski definition) is 6. The number of carbonyl (C=O) groups excluding carboxylic acids is 2. The van der Waals surface area contributed by atoms with E-state index in [1.165, 1.54) is 24.3 Å². The van der Waals surface area contributed by atoms with Gasteiger partial charge in [-0.1, -0.05) is 24.3 Å². The van der Waals surface area contributed by atoms with Crippen LogP contribution in [0.2, 0.25) is 0 Å². The van der Waals surface area contributed by atoms with Gasteiger partial charge in [-0.3, -0.25) is 25.1 Å². The fourth-order valence-electron chi connectivity index (χ4n) is 3.09. The molecule has 5 N–H and O–H groups in total. The number of amides is 2. The molecule has 1 saturated heterocycles. The Kier molecular flexibility index (Phi) is 8.48. The van der Waals surface area contributed by atoms with Gasteiger partial charge < -0.3 is 21.1 Å². The minimum absolute atomic E-state index is 0.0447. The Bertz CT molecular complexity index is 1150. The van der Waals surface area contributed by atoms with E-state index in [9.17, 15) is 32.9 Å². The molecule has 0 unspecified atom stereocenters. The molecule has 35 heavy (non-hydrogen) atoms. The number of carbonyl (C=O) groups is 3. The first kappa shape index (κ1) is 26.8. The van der Waals surface area contributed by atoms with Crippen molar-refractivity contribution < 1.29 is 37.6 Å². The number of amidine groups is 1. The number of nitrogen functional groups attached to an aromatic ring is 1. The third-order valence-electron chi connectivity index (χ3n) is 4.78. The number of non-ortho nitro benzene ring substituents is 1. The van der Waals surface area contributed by atoms with Crippen molar-refractivity contribution in [2.24, 2.45) is 5.73 Å². The van der Waals surface area contributed by atoms with E-state index in [0.29, 0.717) is 25.1 Å². The van der Waals surface area contributed by atoms with Crippen LogP contribution < -0.4 is 11.1 Å². The maximum Gasteiger partial charge on any atom is 0.490 e. The number of benzene rings is 2. The summed E-state index contributed by atoms with van der Waals surface area (Å²) in [7, 11) is 0. The second-order valence-corrected chi connectivity index (χ2v) is 7.30. The highest BCUT2D eigenvalue weighted by atomic mass is 19.4. The predicted molar refractivity (Wildman–Crippen MR) is 116 cm³/mol. The van der Waals surface area contributed by atoms with Crippen molar-refractivity contribution in [3.8, 4) is 0 Å². The zero-order valence-electron chi connectivity index (χ0n) is 17.9. The molecule has 2 aromatic carbocycles. The number of nitrogens with two attached hydrogens (primary N) is 1. The lowest BCUT2D eigenvalue weighted by Gasteiger charge is -2.17. The third-order valence-corrected chi connectivity index (χ3v) is 4.78. The van der Waals surface area contributed by atoms with Gasteiger partial charge in [0, 0.05) is 36.3 Å². The van der Waals surface area contributed by atoms with Crippen LogP contribution in [0.1, 0.15) is 27.9 Å². The van der Waals surface area contributed by atoms with Crippen LogP contribution in [0.3, 0.4) is 0 Å². The Balaban J connectivity index is 0.000000540. The average Bonchev–Trinajstić information content (AvgIpc) is 3.12. The molecule has 0 radical (unpaired) electrons. The molecule has 1 aliphatic rings. The van der Waals surface area contributed by atoms with E-state index in [1.54, 1.807) is 23.1 Å². The molecular formula is C21H20F3N5O6. The first-order valence-corrected chi connectivity index (χ1v) is 9.87. The summed E-state index contributed by atoms with van der Waals surface area (Å²) in [5.74, 6) is -3.54. The van der Waals surface area contributed by atoms with E-state index in [4.69, 9.17) is 21.0 Å². The molecule has 11 nitrogen and oxygen atoms in total. The number of nitro groups is 1. The molecule has 1 fully saturated rings. The topological polar surface area (TPSA) is 180 Å². The molecule has 1 aliphatic heterocycles. The maximum absolute atomic E-state index is 12.6. The average molecular weight is 495 g/mol. The van der Waals surface area contributed by atoms with Crippen molar-refractivity contribution in [2.75, 3.05) is 6.54 Å². The summed E-state index contributed by atoms with van der Waals surface area (Å²) >= 11 is 0. The summed E-state index contributed by atoms with van der Waals surface area (Å²) in [4.78, 5) is 45.8. The largest absolute Gasteiger partial charge is 0.490 e. The lowest BCUT2D eigenvalue weighted by atomic mass is 10.1. The second-order valence-electron chi connectivity index (χ2n) is 7.30. The van der Waals surface area contributed by atoms with Crippen molar-refractivity contribution in [1.82, 2.24) is 10.2 Å². The van der Waals surface area contributed by atoms with Crippen LogP contribution >= 0.6 is 0 Å². The van der Waals surface area contributed by atoms with Crippen molar-refractivity contribution in [1.29, 1.82) is 5.41 Å². The van der Waals surface area contributed by atoms with E-state index in [2.05, 4.69) is 5.32 Å². The summed E-state index contributed by atoms with van der Waals surface area (Å²) in [5.41, 5.74) is 6.87. The number of halogens is 3. The number of likely N-dealkylation sites (tertiary alicyclic amines) is 1. The zero-order chi connectivity index (χ0) is 26.3. The minimum Gasteiger partial charge on any atom is -0.475 e. The number of carboxylic acids is 1. The lowest BCUT2D eigenvalue weighted by Crippen LogP contribution is -2.41. The van der Waals surface area contributed by atoms with Crippen molar-refractivity contribution in [3.05, 3.63) is 75.3 Å². The SMILES string of the molecule is N=C(N)c1cccc(CN2CC[C@H](NC(=O)c3cccc([N+](=O)[O-])c3)C2=O)c1.O=C(O)C(F)(F)F. The number of nitrogens with zero attached hydrogens (tertiary/aromatic N) is 2. The molecule has 0 bridgehead atoms. The molecule has 0 aromatic heterocycles. The number of rotatable bonds is 6. The monoisotopic (exact) mass is 495 g/mol. The quantitative estimate of drug-likeness (QED) is 0.205. The molecule has 2 amide bonds. The molecule has 0 saturated carbocycles. The van der Waals surface area contributed by atoms with Gasteiger partial charge in [0.1, 0.15) is 11.9 Å². The third kappa shape index (κ3) is 7.52. The van der Waals surface area contributed by atoms with E-state index in [-0.39, 0.29) is 23.0 Å². The molecule has 1 heterocycles. The number of nitro benzene ring substituents is 1. The van der Waals surface area contributed by atoms with Gasteiger partial charge in [-0.15, -0.1) is 0 Å². The van der Waals surface area contributed by atoms with Gasteiger partial charge in [-0.05, 0) is 24.1 Å². The zero-order valence-corrected chi connectivity index (χ0v) is 17.9. The molecule has 186 valence electrons. The lowest BCUT2D eigenvalue weighted by molar-refractivity contribution is -0.384. The Labute approximate surface area is 196 Å². The Hall–Kier alpha value is -4.49. The predicted octanol–water partition coefficient (Wildman–Crippen LogP) is 2.04. The normalized spacial score (nSPS) is 15.1. The van der Waals surface area contributed by atoms with Gasteiger partial charge in [-0.2, -0.15) is 13.2 Å². The van der Waals surface area contributed by atoms with Gasteiger partial charge in [0.25, 0.3) is 11.6 Å². The first-order valence-electron chi connectivity index (χ1n) is 9.87. The smallest absolute Gasteiger partial charge is 0.475 e. The fraction of sp³-hybridized carbons (Fsp3) is 0.238. The van der Waals surface area contributed by atoms with Crippen LogP contribution in [-0.2, 0) is 16.1 Å². The molecule has 3 rings (SSSR count). The number of alkyl halides is 3. The van der Waals surface area contributed by atoms with Crippen molar-refractivity contribution in [3.63, 3.8) is 0 Å². The van der Waals surface area contributed by atoms with Gasteiger partial charge in [0.05, 0.1) is 4.92 Å². The van der Waals surface area contributed by atoms with Gasteiger partial charge in [0.2, 0.25) is 5.91 Å². The summed E-state index contributed by atoms with van der Waals surface area (Å²) < 4.78 is 31.7. The highest BCUT2D eigenvalue weighted by Crippen LogP contribution is 2.18. The number of carboxylic acid groups (broad SMARTS) is 1. The molecule has 1 atom stereocenters. The van der Waals surface area contributed by atoms with Crippen LogP contribution in [0, 0.1) is 15.5 Å². The summed E-state index contributed by atoms with van der Waals surface area (Å²) in [6.45, 7) is 0.826. The van der Waals surface area contributed by atoms with Crippen molar-refractivity contribution >= 4 is 29.3 Å². The minimum atomic E-state index is -5.08. The van der Waals surface area contributed by atoms with E-state index >= 15 is 0 Å². The van der Waals surface area contributed by atoms with Crippen LogP contribution in [0.5, 0.6) is 0 Å². The maximum atomic E-state index is 12.6. The van der Waals surface area contributed by atoms with Gasteiger partial charge in [0.15, 0.2) is 0 Å². The molecule has 0 spiro atoms. The molecule has 0 aliphatic carbocycles. The number of hydrogen-bond donors (Lipinski definition) is 4. The van der Waals surface area contributed by atoms with Gasteiger partial charge >= 0.3 is 12.1 Å². The standard InChI is InChI=1S/C19H19N5O4.C2HF3O2/c20-17(21)13-4-1-3-12(9-13)11-23-8-7-16(19(23)26)22-18(25)14-5-2-6-15(10-14)24(27)28;3-2(4,5)1(6)7/h1-6,9-10,16H,7-8,11H2,(H3,20,21)(H,22,25);(H,6,7)/t16-;/m0./s1. The molecule has 2 aromatic rings. The first-order chi connectivity index (χ1) is 16.3. The number of nitrogens with one attached hydrogen (secondary N) is 2. The molecular weight excluding hydrogens is 475 g/mol. The highest BCUT2D eigenvalue weighted by Gasteiger charge is 2.38. The summed E-state index contributed by atoms with van der Waals surface area (Å²) in [6.07, 6.45) is -4.63. The van der Waals surface area contributed by atoms with Crippen LogP contribution in [0.4, 0.5) is 18.9 Å². The summed E-state index contributed by atoms with van der Waals surface area (Å²) in [5, 5.41) is 28.1. The van der Waals surface area contributed by atoms with Crippen molar-refractivity contribution in [2.45, 2.75) is 25.2 Å². The fourth-order valence-corrected chi connectivity index (χ4v) is 3.09. The summed E-state index contributed by atoms with van der Waals surface area (Å²) in [6, 6.07) is 11.8. The Morgan fingerprint density at radius 3 is 2.37 bits per heavy atom. The molecule has 14 heteroatoms. The van der Waals surface area contributed by atoms with Crippen LogP contribution in [0.15, 0.2) is 48.5 Å². The van der Waals surface area contributed by atoms with Gasteiger partial charge in [-0.25, -0.2) is 4.79 Å². The van der Waals surface area contributed by atoms with E-state index in [0.717, 1.165) is 5.56 Å². The van der Waals surface area contributed by atoms with Crippen LogP contribution in [0.25, 0.3) is 0 Å². The van der Waals surface area contributed by atoms with E-state index in [1.807, 2.05) is 6.07 Å². The Morgan fingerprint density at radius 2 is 1.80 bits per heavy atom. The highest BCUT2D eigenvalue weighted by molar-refractivity contribution is 5.98. The van der Waals surface area contributed by atoms with Crippen LogP contribution in [-0.4, -0.2) is 57.3 Å². The second kappa shape index (κ2) is 11.1. The number of aliphatic carboxylic acids is 1. The van der Waals surface area contributed by atoms with E-state index < -0.39 is 29.0 Å². The Morgan fingerprint density at radius 1 is 1.20 bits per heavy atom.